The Labute approximate surface area is 127 Å². The zero-order valence-corrected chi connectivity index (χ0v) is 12.7. The number of nitrogens with zero attached hydrogens (tertiary/aromatic N) is 2. The first-order chi connectivity index (χ1) is 10.2. The van der Waals surface area contributed by atoms with E-state index in [-0.39, 0.29) is 16.9 Å². The Hall–Kier alpha value is -1.59. The highest BCUT2D eigenvalue weighted by atomic mass is 35.5. The van der Waals surface area contributed by atoms with Crippen LogP contribution < -0.4 is 15.6 Å². The van der Waals surface area contributed by atoms with Gasteiger partial charge in [-0.3, -0.25) is 9.36 Å². The maximum absolute atomic E-state index is 12.7. The van der Waals surface area contributed by atoms with Crippen molar-refractivity contribution < 1.29 is 4.74 Å². The third-order valence-corrected chi connectivity index (χ3v) is 4.22. The number of rotatable bonds is 2. The van der Waals surface area contributed by atoms with E-state index in [4.69, 9.17) is 16.3 Å². The molecule has 0 radical (unpaired) electrons. The lowest BCUT2D eigenvalue weighted by Crippen LogP contribution is -2.32. The Morgan fingerprint density at radius 1 is 1.43 bits per heavy atom. The minimum absolute atomic E-state index is 0.0616. The molecule has 1 atom stereocenters. The van der Waals surface area contributed by atoms with E-state index in [9.17, 15) is 4.79 Å². The van der Waals surface area contributed by atoms with Crippen LogP contribution in [0, 0.1) is 0 Å². The van der Waals surface area contributed by atoms with Crippen LogP contribution in [0.3, 0.4) is 0 Å². The number of aromatic nitrogens is 2. The third-order valence-electron chi connectivity index (χ3n) is 3.95. The van der Waals surface area contributed by atoms with E-state index in [0.717, 1.165) is 32.4 Å². The normalized spacial score (nSPS) is 19.4. The zero-order valence-electron chi connectivity index (χ0n) is 11.9. The molecule has 1 aliphatic heterocycles. The van der Waals surface area contributed by atoms with E-state index in [1.807, 2.05) is 0 Å². The molecular weight excluding hydrogens is 290 g/mol. The largest absolute Gasteiger partial charge is 0.497 e. The van der Waals surface area contributed by atoms with Gasteiger partial charge in [0.05, 0.1) is 24.1 Å². The fourth-order valence-electron chi connectivity index (χ4n) is 2.82. The van der Waals surface area contributed by atoms with Gasteiger partial charge in [0, 0.05) is 12.6 Å². The number of hydrogen-bond donors (Lipinski definition) is 1. The van der Waals surface area contributed by atoms with Crippen molar-refractivity contribution in [1.82, 2.24) is 14.9 Å². The summed E-state index contributed by atoms with van der Waals surface area (Å²) in [5.41, 5.74) is 0.489. The van der Waals surface area contributed by atoms with Crippen LogP contribution in [0.5, 0.6) is 5.75 Å². The summed E-state index contributed by atoms with van der Waals surface area (Å²) in [5.74, 6) is 0.666. The van der Waals surface area contributed by atoms with Gasteiger partial charge in [0.2, 0.25) is 5.28 Å². The highest BCUT2D eigenvalue weighted by molar-refractivity contribution is 6.28. The van der Waals surface area contributed by atoms with Crippen LogP contribution in [-0.4, -0.2) is 29.8 Å². The molecule has 5 nitrogen and oxygen atoms in total. The Balaban J connectivity index is 2.12. The first kappa shape index (κ1) is 14.4. The predicted molar refractivity (Wildman–Crippen MR) is 83.3 cm³/mol. The van der Waals surface area contributed by atoms with Crippen molar-refractivity contribution >= 4 is 22.5 Å². The standard InChI is InChI=1S/C15H18ClN3O2/c1-21-11-5-6-12-13(8-11)18-15(16)19(14(12)20)10-4-2-3-7-17-9-10/h5-6,8,10,17H,2-4,7,9H2,1H3. The van der Waals surface area contributed by atoms with Crippen LogP contribution in [0.25, 0.3) is 10.9 Å². The number of nitrogens with one attached hydrogen (secondary N) is 1. The van der Waals surface area contributed by atoms with Gasteiger partial charge < -0.3 is 10.1 Å². The van der Waals surface area contributed by atoms with E-state index in [0.29, 0.717) is 16.7 Å². The summed E-state index contributed by atoms with van der Waals surface area (Å²) in [6.45, 7) is 1.74. The van der Waals surface area contributed by atoms with E-state index in [1.54, 1.807) is 29.9 Å². The molecule has 1 unspecified atom stereocenters. The molecule has 0 amide bonds. The second-order valence-corrected chi connectivity index (χ2v) is 5.63. The molecule has 112 valence electrons. The van der Waals surface area contributed by atoms with Gasteiger partial charge in [-0.1, -0.05) is 6.42 Å². The molecule has 2 heterocycles. The molecule has 3 rings (SSSR count). The van der Waals surface area contributed by atoms with Gasteiger partial charge in [0.25, 0.3) is 5.56 Å². The zero-order chi connectivity index (χ0) is 14.8. The number of methoxy groups -OCH3 is 1. The molecular formula is C15H18ClN3O2. The summed E-state index contributed by atoms with van der Waals surface area (Å²) < 4.78 is 6.78. The van der Waals surface area contributed by atoms with Gasteiger partial charge >= 0.3 is 0 Å². The van der Waals surface area contributed by atoms with Gasteiger partial charge in [0.1, 0.15) is 5.75 Å². The Morgan fingerprint density at radius 2 is 2.29 bits per heavy atom. The van der Waals surface area contributed by atoms with Crippen molar-refractivity contribution in [2.75, 3.05) is 20.2 Å². The van der Waals surface area contributed by atoms with Crippen molar-refractivity contribution in [3.63, 3.8) is 0 Å². The molecule has 1 fully saturated rings. The summed E-state index contributed by atoms with van der Waals surface area (Å²) in [5, 5.41) is 4.17. The summed E-state index contributed by atoms with van der Waals surface area (Å²) >= 11 is 6.27. The van der Waals surface area contributed by atoms with Gasteiger partial charge in [-0.05, 0) is 43.1 Å². The highest BCUT2D eigenvalue weighted by Gasteiger charge is 2.20. The molecule has 2 aromatic rings. The second kappa shape index (κ2) is 6.03. The Morgan fingerprint density at radius 3 is 3.10 bits per heavy atom. The average molecular weight is 308 g/mol. The second-order valence-electron chi connectivity index (χ2n) is 5.29. The highest BCUT2D eigenvalue weighted by Crippen LogP contribution is 2.23. The summed E-state index contributed by atoms with van der Waals surface area (Å²) in [4.78, 5) is 17.1. The van der Waals surface area contributed by atoms with Gasteiger partial charge in [-0.25, -0.2) is 4.98 Å². The number of hydrogen-bond acceptors (Lipinski definition) is 4. The van der Waals surface area contributed by atoms with Crippen molar-refractivity contribution in [1.29, 1.82) is 0 Å². The molecule has 1 aromatic heterocycles. The van der Waals surface area contributed by atoms with Crippen LogP contribution in [0.1, 0.15) is 25.3 Å². The van der Waals surface area contributed by atoms with Crippen LogP contribution in [0.4, 0.5) is 0 Å². The molecule has 1 N–H and O–H groups in total. The summed E-state index contributed by atoms with van der Waals surface area (Å²) in [6.07, 6.45) is 3.15. The molecule has 0 aliphatic carbocycles. The third kappa shape index (κ3) is 2.76. The van der Waals surface area contributed by atoms with E-state index >= 15 is 0 Å². The summed E-state index contributed by atoms with van der Waals surface area (Å²) in [6, 6.07) is 5.32. The topological polar surface area (TPSA) is 56.1 Å². The first-order valence-corrected chi connectivity index (χ1v) is 7.55. The lowest BCUT2D eigenvalue weighted by atomic mass is 10.1. The van der Waals surface area contributed by atoms with Crippen molar-refractivity contribution in [3.05, 3.63) is 33.8 Å². The van der Waals surface area contributed by atoms with Crippen LogP contribution in [0.15, 0.2) is 23.0 Å². The smallest absolute Gasteiger partial charge is 0.262 e. The summed E-state index contributed by atoms with van der Waals surface area (Å²) in [7, 11) is 1.58. The minimum atomic E-state index is -0.0821. The lowest BCUT2D eigenvalue weighted by Gasteiger charge is -2.19. The molecule has 1 aliphatic rings. The van der Waals surface area contributed by atoms with Crippen LogP contribution >= 0.6 is 11.6 Å². The first-order valence-electron chi connectivity index (χ1n) is 7.17. The number of benzene rings is 1. The molecule has 1 saturated heterocycles. The Kier molecular flexibility index (Phi) is 4.12. The lowest BCUT2D eigenvalue weighted by molar-refractivity contribution is 0.415. The Bertz CT molecular complexity index is 706. The van der Waals surface area contributed by atoms with Crippen molar-refractivity contribution in [3.8, 4) is 5.75 Å². The van der Waals surface area contributed by atoms with E-state index in [2.05, 4.69) is 10.3 Å². The van der Waals surface area contributed by atoms with Crippen LogP contribution in [0.2, 0.25) is 5.28 Å². The van der Waals surface area contributed by atoms with Gasteiger partial charge in [0.15, 0.2) is 0 Å². The fourth-order valence-corrected chi connectivity index (χ4v) is 3.12. The van der Waals surface area contributed by atoms with E-state index in [1.165, 1.54) is 0 Å². The molecule has 0 saturated carbocycles. The molecule has 1 aromatic carbocycles. The maximum atomic E-state index is 12.7. The SMILES string of the molecule is COc1ccc2c(=O)n(C3CCCCNC3)c(Cl)nc2c1. The number of halogens is 1. The molecule has 21 heavy (non-hydrogen) atoms. The molecule has 0 spiro atoms. The average Bonchev–Trinajstić information content (AvgIpc) is 2.76. The quantitative estimate of drug-likeness (QED) is 0.866. The minimum Gasteiger partial charge on any atom is -0.497 e. The monoisotopic (exact) mass is 307 g/mol. The van der Waals surface area contributed by atoms with Gasteiger partial charge in [-0.15, -0.1) is 0 Å². The molecule has 0 bridgehead atoms. The van der Waals surface area contributed by atoms with Gasteiger partial charge in [-0.2, -0.15) is 0 Å². The maximum Gasteiger partial charge on any atom is 0.262 e. The number of fused-ring (bicyclic) bond motifs is 1. The number of ether oxygens (including phenoxy) is 1. The fraction of sp³-hybridized carbons (Fsp3) is 0.467. The molecule has 6 heteroatoms. The van der Waals surface area contributed by atoms with Crippen LogP contribution in [-0.2, 0) is 0 Å². The van der Waals surface area contributed by atoms with Crippen molar-refractivity contribution in [2.24, 2.45) is 0 Å². The van der Waals surface area contributed by atoms with E-state index < -0.39 is 0 Å². The van der Waals surface area contributed by atoms with Crippen molar-refractivity contribution in [2.45, 2.75) is 25.3 Å². The predicted octanol–water partition coefficient (Wildman–Crippen LogP) is 2.37.